The molecule has 3 N–H and O–H groups in total. The van der Waals surface area contributed by atoms with Gasteiger partial charge in [-0.1, -0.05) is 180 Å². The van der Waals surface area contributed by atoms with E-state index in [2.05, 4.69) is 6.92 Å². The van der Waals surface area contributed by atoms with E-state index in [9.17, 15) is 15.0 Å². The van der Waals surface area contributed by atoms with Gasteiger partial charge in [0.2, 0.25) is 0 Å². The molecule has 0 radical (unpaired) electrons. The minimum absolute atomic E-state index is 0.333. The van der Waals surface area contributed by atoms with E-state index < -0.39 is 11.6 Å². The van der Waals surface area contributed by atoms with Crippen molar-refractivity contribution >= 4 is 5.97 Å². The standard InChI is InChI=1S/C36H72O4/c1-2-3-4-5-6-7-8-9-10-11-14-17-20-23-26-29-32-36(40,35(38)39)33-30-27-24-21-18-15-12-13-16-19-22-25-28-31-34-37/h37,40H,2-34H2,1H3,(H,38,39). The zero-order valence-electron chi connectivity index (χ0n) is 27.1. The quantitative estimate of drug-likeness (QED) is 0.0674. The topological polar surface area (TPSA) is 77.8 Å². The van der Waals surface area contributed by atoms with Crippen LogP contribution < -0.4 is 0 Å². The van der Waals surface area contributed by atoms with Crippen LogP contribution in [-0.2, 0) is 4.79 Å². The summed E-state index contributed by atoms with van der Waals surface area (Å²) in [5.74, 6) is -1.03. The van der Waals surface area contributed by atoms with E-state index in [0.29, 0.717) is 19.4 Å². The maximum atomic E-state index is 11.7. The molecule has 0 rings (SSSR count). The molecular weight excluding hydrogens is 496 g/mol. The number of aliphatic hydroxyl groups is 2. The molecule has 0 spiro atoms. The lowest BCUT2D eigenvalue weighted by Crippen LogP contribution is -2.38. The number of hydrogen-bond acceptors (Lipinski definition) is 3. The molecule has 0 heterocycles. The highest BCUT2D eigenvalue weighted by Crippen LogP contribution is 2.24. The molecule has 0 aromatic carbocycles. The normalized spacial score (nSPS) is 13.1. The molecule has 1 unspecified atom stereocenters. The Balaban J connectivity index is 3.52. The van der Waals surface area contributed by atoms with Crippen LogP contribution in [-0.4, -0.2) is 33.5 Å². The molecule has 0 aromatic heterocycles. The maximum absolute atomic E-state index is 11.7. The number of hydrogen-bond donors (Lipinski definition) is 3. The van der Waals surface area contributed by atoms with Crippen LogP contribution in [0.5, 0.6) is 0 Å². The second-order valence-corrected chi connectivity index (χ2v) is 12.8. The molecule has 4 nitrogen and oxygen atoms in total. The van der Waals surface area contributed by atoms with E-state index >= 15 is 0 Å². The Morgan fingerprint density at radius 2 is 0.650 bits per heavy atom. The van der Waals surface area contributed by atoms with Crippen molar-refractivity contribution in [2.24, 2.45) is 0 Å². The summed E-state index contributed by atoms with van der Waals surface area (Å²) in [6.07, 6.45) is 38.5. The molecule has 0 saturated heterocycles. The van der Waals surface area contributed by atoms with Crippen LogP contribution in [0.1, 0.15) is 212 Å². The molecule has 4 heteroatoms. The number of carboxylic acids is 1. The van der Waals surface area contributed by atoms with Crippen LogP contribution in [0.2, 0.25) is 0 Å². The van der Waals surface area contributed by atoms with Crippen molar-refractivity contribution in [1.82, 2.24) is 0 Å². The van der Waals surface area contributed by atoms with Gasteiger partial charge in [-0.3, -0.25) is 0 Å². The molecule has 0 aliphatic carbocycles. The SMILES string of the molecule is CCCCCCCCCCCCCCCCCCC(O)(CCCCCCCCCCCCCCCCO)C(=O)O. The highest BCUT2D eigenvalue weighted by Gasteiger charge is 2.34. The molecule has 0 saturated carbocycles. The Morgan fingerprint density at radius 1 is 0.425 bits per heavy atom. The van der Waals surface area contributed by atoms with Crippen molar-refractivity contribution in [2.75, 3.05) is 6.61 Å². The van der Waals surface area contributed by atoms with Crippen molar-refractivity contribution in [1.29, 1.82) is 0 Å². The number of aliphatic carboxylic acids is 1. The van der Waals surface area contributed by atoms with Crippen LogP contribution in [0, 0.1) is 0 Å². The largest absolute Gasteiger partial charge is 0.479 e. The lowest BCUT2D eigenvalue weighted by Gasteiger charge is -2.23. The first-order valence-electron chi connectivity index (χ1n) is 18.1. The predicted molar refractivity (Wildman–Crippen MR) is 173 cm³/mol. The van der Waals surface area contributed by atoms with Crippen LogP contribution in [0.25, 0.3) is 0 Å². The molecule has 1 atom stereocenters. The second-order valence-electron chi connectivity index (χ2n) is 12.8. The Labute approximate surface area is 250 Å². The molecule has 0 aliphatic heterocycles. The van der Waals surface area contributed by atoms with Crippen molar-refractivity contribution in [3.8, 4) is 0 Å². The van der Waals surface area contributed by atoms with Gasteiger partial charge in [-0.05, 0) is 32.1 Å². The summed E-state index contributed by atoms with van der Waals surface area (Å²) in [7, 11) is 0. The molecule has 0 aliphatic rings. The fraction of sp³-hybridized carbons (Fsp3) is 0.972. The Kier molecular flexibility index (Phi) is 30.9. The van der Waals surface area contributed by atoms with Crippen molar-refractivity contribution in [2.45, 2.75) is 218 Å². The Hall–Kier alpha value is -0.610. The van der Waals surface area contributed by atoms with E-state index in [-0.39, 0.29) is 0 Å². The van der Waals surface area contributed by atoms with Crippen molar-refractivity contribution in [3.05, 3.63) is 0 Å². The first kappa shape index (κ1) is 39.4. The predicted octanol–water partition coefficient (Wildman–Crippen LogP) is 11.3. The summed E-state index contributed by atoms with van der Waals surface area (Å²) in [5, 5.41) is 29.1. The fourth-order valence-electron chi connectivity index (χ4n) is 5.95. The van der Waals surface area contributed by atoms with Gasteiger partial charge >= 0.3 is 5.97 Å². The summed E-state index contributed by atoms with van der Waals surface area (Å²) in [5.41, 5.74) is -1.52. The van der Waals surface area contributed by atoms with E-state index in [1.54, 1.807) is 0 Å². The van der Waals surface area contributed by atoms with E-state index in [0.717, 1.165) is 44.9 Å². The average Bonchev–Trinajstić information content (AvgIpc) is 2.94. The van der Waals surface area contributed by atoms with Crippen molar-refractivity contribution in [3.63, 3.8) is 0 Å². The minimum atomic E-state index is -1.52. The summed E-state index contributed by atoms with van der Waals surface area (Å²) < 4.78 is 0. The Morgan fingerprint density at radius 3 is 0.875 bits per heavy atom. The van der Waals surface area contributed by atoms with Gasteiger partial charge in [-0.15, -0.1) is 0 Å². The van der Waals surface area contributed by atoms with Gasteiger partial charge in [-0.2, -0.15) is 0 Å². The molecule has 0 aromatic rings. The van der Waals surface area contributed by atoms with Gasteiger partial charge in [0.15, 0.2) is 5.60 Å². The number of rotatable bonds is 34. The zero-order chi connectivity index (χ0) is 29.4. The number of unbranched alkanes of at least 4 members (excludes halogenated alkanes) is 28. The van der Waals surface area contributed by atoms with Gasteiger partial charge in [-0.25, -0.2) is 4.79 Å². The maximum Gasteiger partial charge on any atom is 0.335 e. The van der Waals surface area contributed by atoms with Crippen LogP contribution >= 0.6 is 0 Å². The summed E-state index contributed by atoms with van der Waals surface area (Å²) in [4.78, 5) is 11.7. The average molecular weight is 569 g/mol. The van der Waals surface area contributed by atoms with Crippen LogP contribution in [0.4, 0.5) is 0 Å². The smallest absolute Gasteiger partial charge is 0.335 e. The van der Waals surface area contributed by atoms with Crippen LogP contribution in [0.15, 0.2) is 0 Å². The monoisotopic (exact) mass is 569 g/mol. The Bertz CT molecular complexity index is 509. The lowest BCUT2D eigenvalue weighted by molar-refractivity contribution is -0.160. The third kappa shape index (κ3) is 27.6. The first-order chi connectivity index (χ1) is 19.6. The van der Waals surface area contributed by atoms with E-state index in [1.807, 2.05) is 0 Å². The summed E-state index contributed by atoms with van der Waals surface area (Å²) >= 11 is 0. The highest BCUT2D eigenvalue weighted by molar-refractivity contribution is 5.76. The van der Waals surface area contributed by atoms with E-state index in [4.69, 9.17) is 5.11 Å². The van der Waals surface area contributed by atoms with Gasteiger partial charge in [0.1, 0.15) is 0 Å². The molecule has 240 valence electrons. The van der Waals surface area contributed by atoms with Crippen molar-refractivity contribution < 1.29 is 20.1 Å². The van der Waals surface area contributed by atoms with Gasteiger partial charge in [0.25, 0.3) is 0 Å². The number of carboxylic acid groups (broad SMARTS) is 1. The van der Waals surface area contributed by atoms with Crippen LogP contribution in [0.3, 0.4) is 0 Å². The highest BCUT2D eigenvalue weighted by atomic mass is 16.4. The van der Waals surface area contributed by atoms with Gasteiger partial charge in [0, 0.05) is 6.61 Å². The first-order valence-corrected chi connectivity index (χ1v) is 18.1. The second kappa shape index (κ2) is 31.3. The van der Waals surface area contributed by atoms with Gasteiger partial charge in [0.05, 0.1) is 0 Å². The lowest BCUT2D eigenvalue weighted by atomic mass is 9.89. The molecule has 0 bridgehead atoms. The fourth-order valence-corrected chi connectivity index (χ4v) is 5.95. The zero-order valence-corrected chi connectivity index (χ0v) is 27.1. The number of carbonyl (C=O) groups is 1. The third-order valence-electron chi connectivity index (χ3n) is 8.84. The number of aliphatic hydroxyl groups excluding tert-OH is 1. The van der Waals surface area contributed by atoms with E-state index in [1.165, 1.54) is 148 Å². The van der Waals surface area contributed by atoms with Gasteiger partial charge < -0.3 is 15.3 Å². The molecule has 0 fully saturated rings. The third-order valence-corrected chi connectivity index (χ3v) is 8.84. The minimum Gasteiger partial charge on any atom is -0.479 e. The molecule has 0 amide bonds. The molecular formula is C36H72O4. The summed E-state index contributed by atoms with van der Waals surface area (Å²) in [6, 6.07) is 0. The molecule has 40 heavy (non-hydrogen) atoms. The summed E-state index contributed by atoms with van der Waals surface area (Å²) in [6.45, 7) is 2.61.